The van der Waals surface area contributed by atoms with E-state index in [1.54, 1.807) is 0 Å². The van der Waals surface area contributed by atoms with E-state index < -0.39 is 5.76 Å². The first-order valence-electron chi connectivity index (χ1n) is 4.64. The van der Waals surface area contributed by atoms with E-state index in [4.69, 9.17) is 4.42 Å². The second kappa shape index (κ2) is 3.75. The third-order valence-corrected chi connectivity index (χ3v) is 2.45. The fraction of sp³-hybridized carbons (Fsp3) is 0.0909. The minimum absolute atomic E-state index is 0. The molecule has 2 heterocycles. The number of hydrogen-bond donors (Lipinski definition) is 1. The van der Waals surface area contributed by atoms with Crippen molar-refractivity contribution in [3.8, 4) is 0 Å². The third-order valence-electron chi connectivity index (χ3n) is 2.45. The number of para-hydroxylation sites is 1. The van der Waals surface area contributed by atoms with Gasteiger partial charge in [0.05, 0.1) is 11.2 Å². The molecule has 0 bridgehead atoms. The molecule has 1 N–H and O–H groups in total. The molecule has 0 aliphatic carbocycles. The molecule has 0 aliphatic rings. The lowest BCUT2D eigenvalue weighted by molar-refractivity contribution is 0.558. The topological polar surface area (TPSA) is 58.9 Å². The standard InChI is InChI=1S/C11H8N2O2.BrH/c1-6-9-10(15-11(14)13-9)7-4-2-3-5-8(7)12-6;/h2-5H,1H3,(H,13,14);1H. The van der Waals surface area contributed by atoms with Crippen LogP contribution in [-0.2, 0) is 0 Å². The van der Waals surface area contributed by atoms with E-state index in [2.05, 4.69) is 9.97 Å². The molecule has 2 aromatic heterocycles. The lowest BCUT2D eigenvalue weighted by Gasteiger charge is -1.99. The summed E-state index contributed by atoms with van der Waals surface area (Å²) in [4.78, 5) is 18.2. The van der Waals surface area contributed by atoms with Crippen LogP contribution in [0.3, 0.4) is 0 Å². The number of nitrogens with one attached hydrogen (secondary N) is 1. The van der Waals surface area contributed by atoms with Crippen LogP contribution < -0.4 is 5.76 Å². The number of aryl methyl sites for hydroxylation is 1. The van der Waals surface area contributed by atoms with E-state index in [9.17, 15) is 4.79 Å². The summed E-state index contributed by atoms with van der Waals surface area (Å²) in [5.41, 5.74) is 2.88. The highest BCUT2D eigenvalue weighted by Crippen LogP contribution is 2.23. The van der Waals surface area contributed by atoms with Crippen molar-refractivity contribution in [2.75, 3.05) is 0 Å². The largest absolute Gasteiger partial charge is 0.417 e. The van der Waals surface area contributed by atoms with Crippen LogP contribution >= 0.6 is 17.0 Å². The number of aromatic amines is 1. The minimum Gasteiger partial charge on any atom is -0.407 e. The number of halogens is 1. The van der Waals surface area contributed by atoms with Crippen LogP contribution in [-0.4, -0.2) is 9.97 Å². The van der Waals surface area contributed by atoms with Gasteiger partial charge in [0.2, 0.25) is 0 Å². The van der Waals surface area contributed by atoms with E-state index in [-0.39, 0.29) is 17.0 Å². The molecular weight excluding hydrogens is 272 g/mol. The second-order valence-corrected chi connectivity index (χ2v) is 3.43. The fourth-order valence-electron chi connectivity index (χ4n) is 1.77. The van der Waals surface area contributed by atoms with Crippen LogP contribution in [0, 0.1) is 6.92 Å². The number of rotatable bonds is 0. The fourth-order valence-corrected chi connectivity index (χ4v) is 1.77. The smallest absolute Gasteiger partial charge is 0.407 e. The Morgan fingerprint density at radius 3 is 2.88 bits per heavy atom. The molecule has 0 unspecified atom stereocenters. The molecule has 0 saturated heterocycles. The maximum Gasteiger partial charge on any atom is 0.417 e. The summed E-state index contributed by atoms with van der Waals surface area (Å²) in [5.74, 6) is -0.439. The molecule has 0 radical (unpaired) electrons. The van der Waals surface area contributed by atoms with Gasteiger partial charge in [-0.2, -0.15) is 0 Å². The zero-order valence-electron chi connectivity index (χ0n) is 8.48. The molecule has 0 amide bonds. The van der Waals surface area contributed by atoms with Gasteiger partial charge < -0.3 is 4.42 Å². The van der Waals surface area contributed by atoms with Crippen molar-refractivity contribution in [1.29, 1.82) is 0 Å². The molecule has 5 heteroatoms. The Labute approximate surface area is 101 Å². The number of nitrogens with zero attached hydrogens (tertiary/aromatic N) is 1. The number of H-pyrrole nitrogens is 1. The number of oxazole rings is 1. The molecule has 0 fully saturated rings. The highest BCUT2D eigenvalue weighted by atomic mass is 79.9. The van der Waals surface area contributed by atoms with Gasteiger partial charge in [-0.15, -0.1) is 17.0 Å². The maximum absolute atomic E-state index is 11.1. The lowest BCUT2D eigenvalue weighted by Crippen LogP contribution is -1.94. The van der Waals surface area contributed by atoms with E-state index in [1.807, 2.05) is 31.2 Å². The first kappa shape index (κ1) is 10.9. The molecule has 3 rings (SSSR count). The van der Waals surface area contributed by atoms with Gasteiger partial charge in [0.25, 0.3) is 0 Å². The minimum atomic E-state index is -0.439. The van der Waals surface area contributed by atoms with Crippen molar-refractivity contribution in [2.45, 2.75) is 6.92 Å². The summed E-state index contributed by atoms with van der Waals surface area (Å²) in [6.07, 6.45) is 0. The van der Waals surface area contributed by atoms with Gasteiger partial charge in [-0.25, -0.2) is 4.79 Å². The molecule has 0 saturated carbocycles. The predicted molar refractivity (Wildman–Crippen MR) is 67.2 cm³/mol. The summed E-state index contributed by atoms with van der Waals surface area (Å²) >= 11 is 0. The van der Waals surface area contributed by atoms with Crippen LogP contribution in [0.25, 0.3) is 22.0 Å². The molecule has 3 aromatic rings. The lowest BCUT2D eigenvalue weighted by atomic mass is 10.2. The van der Waals surface area contributed by atoms with Crippen molar-refractivity contribution in [1.82, 2.24) is 9.97 Å². The average molecular weight is 281 g/mol. The van der Waals surface area contributed by atoms with Gasteiger partial charge in [0.15, 0.2) is 5.58 Å². The zero-order chi connectivity index (χ0) is 10.4. The summed E-state index contributed by atoms with van der Waals surface area (Å²) < 4.78 is 5.11. The summed E-state index contributed by atoms with van der Waals surface area (Å²) in [6.45, 7) is 1.85. The third kappa shape index (κ3) is 1.44. The highest BCUT2D eigenvalue weighted by molar-refractivity contribution is 8.93. The SMILES string of the molecule is Br.Cc1nc2ccccc2c2oc(=O)[nH]c12. The van der Waals surface area contributed by atoms with Crippen LogP contribution in [0.1, 0.15) is 5.69 Å². The summed E-state index contributed by atoms with van der Waals surface area (Å²) in [7, 11) is 0. The van der Waals surface area contributed by atoms with Crippen molar-refractivity contribution < 1.29 is 4.42 Å². The molecule has 0 aliphatic heterocycles. The van der Waals surface area contributed by atoms with Crippen molar-refractivity contribution >= 4 is 39.0 Å². The summed E-state index contributed by atoms with van der Waals surface area (Å²) in [6, 6.07) is 7.59. The van der Waals surface area contributed by atoms with Crippen molar-refractivity contribution in [3.63, 3.8) is 0 Å². The van der Waals surface area contributed by atoms with E-state index in [0.29, 0.717) is 11.1 Å². The van der Waals surface area contributed by atoms with Gasteiger partial charge in [0.1, 0.15) is 5.52 Å². The molecule has 0 spiro atoms. The molecule has 0 atom stereocenters. The van der Waals surface area contributed by atoms with E-state index >= 15 is 0 Å². The average Bonchev–Trinajstić information content (AvgIpc) is 2.61. The first-order chi connectivity index (χ1) is 7.25. The van der Waals surface area contributed by atoms with Crippen LogP contribution in [0.2, 0.25) is 0 Å². The van der Waals surface area contributed by atoms with Crippen LogP contribution in [0.5, 0.6) is 0 Å². The highest BCUT2D eigenvalue weighted by Gasteiger charge is 2.09. The van der Waals surface area contributed by atoms with Gasteiger partial charge in [0, 0.05) is 5.39 Å². The number of aromatic nitrogens is 2. The van der Waals surface area contributed by atoms with E-state index in [0.717, 1.165) is 16.6 Å². The van der Waals surface area contributed by atoms with Crippen molar-refractivity contribution in [3.05, 3.63) is 40.5 Å². The molecule has 82 valence electrons. The Morgan fingerprint density at radius 1 is 1.31 bits per heavy atom. The molecule has 4 nitrogen and oxygen atoms in total. The van der Waals surface area contributed by atoms with Gasteiger partial charge in [-0.05, 0) is 19.1 Å². The Bertz CT molecular complexity index is 715. The Balaban J connectivity index is 0.000000963. The predicted octanol–water partition coefficient (Wildman–Crippen LogP) is 2.56. The molecular formula is C11H9BrN2O2. The van der Waals surface area contributed by atoms with Crippen LogP contribution in [0.4, 0.5) is 0 Å². The first-order valence-corrected chi connectivity index (χ1v) is 4.64. The molecule has 1 aromatic carbocycles. The normalized spacial score (nSPS) is 10.6. The van der Waals surface area contributed by atoms with Crippen molar-refractivity contribution in [2.24, 2.45) is 0 Å². The van der Waals surface area contributed by atoms with Gasteiger partial charge in [-0.1, -0.05) is 12.1 Å². The van der Waals surface area contributed by atoms with E-state index in [1.165, 1.54) is 0 Å². The quantitative estimate of drug-likeness (QED) is 0.689. The maximum atomic E-state index is 11.1. The van der Waals surface area contributed by atoms with Gasteiger partial charge >= 0.3 is 5.76 Å². The summed E-state index contributed by atoms with van der Waals surface area (Å²) in [5, 5.41) is 0.858. The Hall–Kier alpha value is -1.62. The zero-order valence-corrected chi connectivity index (χ0v) is 10.2. The number of pyridine rings is 1. The Kier molecular flexibility index (Phi) is 2.55. The number of fused-ring (bicyclic) bond motifs is 3. The van der Waals surface area contributed by atoms with Crippen LogP contribution in [0.15, 0.2) is 33.5 Å². The monoisotopic (exact) mass is 280 g/mol. The Morgan fingerprint density at radius 2 is 2.06 bits per heavy atom. The second-order valence-electron chi connectivity index (χ2n) is 3.43. The number of benzene rings is 1. The molecule has 16 heavy (non-hydrogen) atoms. The number of hydrogen-bond acceptors (Lipinski definition) is 3. The van der Waals surface area contributed by atoms with Gasteiger partial charge in [-0.3, -0.25) is 9.97 Å².